The van der Waals surface area contributed by atoms with Crippen LogP contribution >= 0.6 is 45.2 Å². The lowest BCUT2D eigenvalue weighted by Crippen LogP contribution is -2.27. The van der Waals surface area contributed by atoms with Crippen molar-refractivity contribution in [3.63, 3.8) is 0 Å². The highest BCUT2D eigenvalue weighted by Crippen LogP contribution is 2.32. The fourth-order valence-electron chi connectivity index (χ4n) is 2.25. The summed E-state index contributed by atoms with van der Waals surface area (Å²) in [6.07, 6.45) is 0. The number of benzene rings is 1. The van der Waals surface area contributed by atoms with Gasteiger partial charge in [-0.2, -0.15) is 5.26 Å². The zero-order valence-electron chi connectivity index (χ0n) is 12.3. The molecule has 0 aliphatic heterocycles. The standard InChI is InChI=1S/C15H10I2N2O5/c1-2-23-14(21)8(5-18)10-7-3-6(16)4-9(17)12(7)24-15(22)11(10)13(19)20/h3-4,8H,2H2,1H3,(H2,19,20). The molecule has 1 atom stereocenters. The maximum absolute atomic E-state index is 12.2. The number of primary amides is 1. The number of halogens is 2. The smallest absolute Gasteiger partial charge is 0.349 e. The van der Waals surface area contributed by atoms with Crippen LogP contribution in [0.3, 0.4) is 0 Å². The Bertz CT molecular complexity index is 946. The predicted octanol–water partition coefficient (Wildman–Crippen LogP) is 2.27. The molecule has 0 fully saturated rings. The van der Waals surface area contributed by atoms with Gasteiger partial charge in [0.1, 0.15) is 5.56 Å². The lowest BCUT2D eigenvalue weighted by atomic mass is 9.92. The summed E-state index contributed by atoms with van der Waals surface area (Å²) < 4.78 is 11.4. The van der Waals surface area contributed by atoms with Gasteiger partial charge in [-0.3, -0.25) is 9.59 Å². The first-order valence-corrected chi connectivity index (χ1v) is 8.79. The molecule has 1 heterocycles. The number of carbonyl (C=O) groups excluding carboxylic acids is 2. The number of nitriles is 1. The Balaban J connectivity index is 2.99. The summed E-state index contributed by atoms with van der Waals surface area (Å²) in [6.45, 7) is 1.64. The molecule has 24 heavy (non-hydrogen) atoms. The third-order valence-corrected chi connectivity index (χ3v) is 4.58. The van der Waals surface area contributed by atoms with Gasteiger partial charge in [-0.15, -0.1) is 0 Å². The summed E-state index contributed by atoms with van der Waals surface area (Å²) in [5.74, 6) is -3.39. The Morgan fingerprint density at radius 2 is 2.08 bits per heavy atom. The summed E-state index contributed by atoms with van der Waals surface area (Å²) in [4.78, 5) is 36.1. The highest BCUT2D eigenvalue weighted by Gasteiger charge is 2.32. The first kappa shape index (κ1) is 18.7. The molecule has 1 unspecified atom stereocenters. The Morgan fingerprint density at radius 3 is 2.62 bits per heavy atom. The monoisotopic (exact) mass is 552 g/mol. The Morgan fingerprint density at radius 1 is 1.42 bits per heavy atom. The van der Waals surface area contributed by atoms with Crippen molar-refractivity contribution in [2.75, 3.05) is 6.61 Å². The highest BCUT2D eigenvalue weighted by atomic mass is 127. The van der Waals surface area contributed by atoms with E-state index in [9.17, 15) is 19.6 Å². The number of rotatable bonds is 4. The molecule has 0 spiro atoms. The Hall–Kier alpha value is -1.68. The largest absolute Gasteiger partial charge is 0.465 e. The molecule has 0 saturated heterocycles. The van der Waals surface area contributed by atoms with E-state index < -0.39 is 29.0 Å². The minimum Gasteiger partial charge on any atom is -0.465 e. The van der Waals surface area contributed by atoms with Gasteiger partial charge in [0.25, 0.3) is 5.91 Å². The molecule has 0 radical (unpaired) electrons. The molecule has 0 aliphatic carbocycles. The van der Waals surface area contributed by atoms with Crippen LogP contribution in [0.4, 0.5) is 0 Å². The number of amides is 1. The van der Waals surface area contributed by atoms with Crippen LogP contribution in [-0.4, -0.2) is 18.5 Å². The lowest BCUT2D eigenvalue weighted by Gasteiger charge is -2.14. The first-order valence-electron chi connectivity index (χ1n) is 6.63. The average molecular weight is 552 g/mol. The van der Waals surface area contributed by atoms with E-state index in [1.807, 2.05) is 45.2 Å². The number of nitrogens with zero attached hydrogens (tertiary/aromatic N) is 1. The topological polar surface area (TPSA) is 123 Å². The van der Waals surface area contributed by atoms with Gasteiger partial charge in [-0.05, 0) is 64.2 Å². The predicted molar refractivity (Wildman–Crippen MR) is 101 cm³/mol. The molecule has 1 aromatic heterocycles. The number of hydrogen-bond donors (Lipinski definition) is 1. The highest BCUT2D eigenvalue weighted by molar-refractivity contribution is 14.1. The lowest BCUT2D eigenvalue weighted by molar-refractivity contribution is -0.143. The SMILES string of the molecule is CCOC(=O)C(C#N)c1c(C(N)=O)c(=O)oc2c(I)cc(I)cc12. The van der Waals surface area contributed by atoms with Crippen molar-refractivity contribution in [3.8, 4) is 6.07 Å². The molecule has 2 N–H and O–H groups in total. The van der Waals surface area contributed by atoms with Crippen LogP contribution in [0.2, 0.25) is 0 Å². The summed E-state index contributed by atoms with van der Waals surface area (Å²) in [5.41, 5.74) is 3.89. The van der Waals surface area contributed by atoms with Gasteiger partial charge in [-0.1, -0.05) is 0 Å². The van der Waals surface area contributed by atoms with Gasteiger partial charge in [0.15, 0.2) is 11.5 Å². The van der Waals surface area contributed by atoms with Crippen molar-refractivity contribution in [1.29, 1.82) is 5.26 Å². The van der Waals surface area contributed by atoms with Gasteiger partial charge in [0.2, 0.25) is 0 Å². The van der Waals surface area contributed by atoms with Crippen LogP contribution in [0, 0.1) is 18.5 Å². The average Bonchev–Trinajstić information content (AvgIpc) is 2.48. The van der Waals surface area contributed by atoms with E-state index in [-0.39, 0.29) is 17.8 Å². The maximum Gasteiger partial charge on any atom is 0.349 e. The molecule has 0 saturated carbocycles. The van der Waals surface area contributed by atoms with Crippen molar-refractivity contribution in [2.24, 2.45) is 5.73 Å². The molecule has 7 nitrogen and oxygen atoms in total. The van der Waals surface area contributed by atoms with E-state index >= 15 is 0 Å². The Labute approximate surface area is 163 Å². The van der Waals surface area contributed by atoms with Crippen LogP contribution in [0.1, 0.15) is 28.8 Å². The van der Waals surface area contributed by atoms with Gasteiger partial charge in [0.05, 0.1) is 16.2 Å². The van der Waals surface area contributed by atoms with Gasteiger partial charge in [0, 0.05) is 14.5 Å². The van der Waals surface area contributed by atoms with Crippen molar-refractivity contribution in [1.82, 2.24) is 0 Å². The van der Waals surface area contributed by atoms with E-state index in [0.717, 1.165) is 3.57 Å². The number of hydrogen-bond acceptors (Lipinski definition) is 6. The molecule has 9 heteroatoms. The summed E-state index contributed by atoms with van der Waals surface area (Å²) in [6, 6.07) is 5.16. The third kappa shape index (κ3) is 3.39. The molecule has 1 aromatic carbocycles. The quantitative estimate of drug-likeness (QED) is 0.353. The third-order valence-electron chi connectivity index (χ3n) is 3.15. The van der Waals surface area contributed by atoms with Crippen molar-refractivity contribution in [3.05, 3.63) is 40.8 Å². The molecule has 2 rings (SSSR count). The zero-order chi connectivity index (χ0) is 18.0. The summed E-state index contributed by atoms with van der Waals surface area (Å²) in [5, 5.41) is 9.74. The second-order valence-electron chi connectivity index (χ2n) is 4.62. The van der Waals surface area contributed by atoms with Crippen molar-refractivity contribution in [2.45, 2.75) is 12.8 Å². The van der Waals surface area contributed by atoms with Crippen LogP contribution in [0.25, 0.3) is 11.0 Å². The number of fused-ring (bicyclic) bond motifs is 1. The van der Waals surface area contributed by atoms with E-state index in [0.29, 0.717) is 8.96 Å². The second kappa shape index (κ2) is 7.47. The fraction of sp³-hybridized carbons (Fsp3) is 0.200. The number of esters is 1. The van der Waals surface area contributed by atoms with Crippen LogP contribution in [0.5, 0.6) is 0 Å². The minimum atomic E-state index is -1.46. The van der Waals surface area contributed by atoms with Crippen LogP contribution < -0.4 is 11.4 Å². The van der Waals surface area contributed by atoms with E-state index in [1.165, 1.54) is 0 Å². The second-order valence-corrected chi connectivity index (χ2v) is 7.03. The summed E-state index contributed by atoms with van der Waals surface area (Å²) in [7, 11) is 0. The minimum absolute atomic E-state index is 0.0529. The number of carbonyl (C=O) groups is 2. The number of ether oxygens (including phenoxy) is 1. The fourth-order valence-corrected chi connectivity index (χ4v) is 4.20. The molecule has 124 valence electrons. The van der Waals surface area contributed by atoms with E-state index in [1.54, 1.807) is 25.1 Å². The maximum atomic E-state index is 12.2. The molecule has 0 bridgehead atoms. The summed E-state index contributed by atoms with van der Waals surface area (Å²) >= 11 is 4.00. The molecular weight excluding hydrogens is 542 g/mol. The van der Waals surface area contributed by atoms with Crippen LogP contribution in [-0.2, 0) is 9.53 Å². The van der Waals surface area contributed by atoms with Gasteiger partial charge < -0.3 is 14.9 Å². The zero-order valence-corrected chi connectivity index (χ0v) is 16.6. The molecule has 2 aromatic rings. The number of nitrogens with two attached hydrogens (primary N) is 1. The van der Waals surface area contributed by atoms with Crippen molar-refractivity contribution < 1.29 is 18.7 Å². The van der Waals surface area contributed by atoms with E-state index in [4.69, 9.17) is 14.9 Å². The molecule has 1 amide bonds. The first-order chi connectivity index (χ1) is 11.3. The van der Waals surface area contributed by atoms with Crippen molar-refractivity contribution >= 4 is 68.0 Å². The van der Waals surface area contributed by atoms with E-state index in [2.05, 4.69) is 0 Å². The van der Waals surface area contributed by atoms with Crippen LogP contribution in [0.15, 0.2) is 21.3 Å². The Kier molecular flexibility index (Phi) is 5.81. The van der Waals surface area contributed by atoms with Gasteiger partial charge in [-0.25, -0.2) is 4.79 Å². The molecule has 0 aliphatic rings. The van der Waals surface area contributed by atoms with Gasteiger partial charge >= 0.3 is 11.6 Å². The normalized spacial score (nSPS) is 11.8. The molecular formula is C15H10I2N2O5.